The lowest BCUT2D eigenvalue weighted by atomic mass is 10.1. The summed E-state index contributed by atoms with van der Waals surface area (Å²) in [7, 11) is 0. The zero-order valence-electron chi connectivity index (χ0n) is 16.6. The number of piperazine rings is 1. The third kappa shape index (κ3) is 5.03. The van der Waals surface area contributed by atoms with Crippen molar-refractivity contribution in [1.29, 1.82) is 0 Å². The van der Waals surface area contributed by atoms with Crippen molar-refractivity contribution >= 4 is 23.2 Å². The van der Waals surface area contributed by atoms with Gasteiger partial charge in [0.1, 0.15) is 5.75 Å². The number of Topliss-reactive ketones (excluding diaryl/α,β-unsaturated/α-hetero) is 1. The Labute approximate surface area is 166 Å². The van der Waals surface area contributed by atoms with E-state index in [0.29, 0.717) is 18.7 Å². The van der Waals surface area contributed by atoms with E-state index < -0.39 is 0 Å². The average molecular weight is 381 g/mol. The standard InChI is InChI=1S/C22H27N3O3/c1-16(2)28-21-9-7-19(8-10-21)23-22(27)25-13-11-24(12-14-25)20-6-4-5-18(15-20)17(3)26/h4-10,15-16H,11-14H2,1-3H3,(H,23,27). The van der Waals surface area contributed by atoms with Crippen molar-refractivity contribution < 1.29 is 14.3 Å². The molecule has 2 aromatic rings. The number of carbonyl (C=O) groups is 2. The van der Waals surface area contributed by atoms with Crippen LogP contribution in [0, 0.1) is 0 Å². The predicted octanol–water partition coefficient (Wildman–Crippen LogP) is 4.03. The van der Waals surface area contributed by atoms with Crippen molar-refractivity contribution in [3.8, 4) is 5.75 Å². The summed E-state index contributed by atoms with van der Waals surface area (Å²) in [6.45, 7) is 8.25. The number of ketones is 1. The summed E-state index contributed by atoms with van der Waals surface area (Å²) in [5, 5.41) is 2.94. The number of hydrogen-bond acceptors (Lipinski definition) is 4. The molecule has 2 amide bonds. The number of hydrogen-bond donors (Lipinski definition) is 1. The second kappa shape index (κ2) is 8.78. The van der Waals surface area contributed by atoms with Gasteiger partial charge in [-0.15, -0.1) is 0 Å². The predicted molar refractivity (Wildman–Crippen MR) is 111 cm³/mol. The monoisotopic (exact) mass is 381 g/mol. The van der Waals surface area contributed by atoms with Gasteiger partial charge >= 0.3 is 6.03 Å². The van der Waals surface area contributed by atoms with E-state index in [-0.39, 0.29) is 17.9 Å². The summed E-state index contributed by atoms with van der Waals surface area (Å²) in [4.78, 5) is 28.1. The van der Waals surface area contributed by atoms with E-state index in [9.17, 15) is 9.59 Å². The Balaban J connectivity index is 1.53. The molecule has 0 atom stereocenters. The molecule has 1 saturated heterocycles. The Hall–Kier alpha value is -3.02. The zero-order chi connectivity index (χ0) is 20.1. The maximum absolute atomic E-state index is 12.5. The van der Waals surface area contributed by atoms with Crippen LogP contribution in [0.5, 0.6) is 5.75 Å². The van der Waals surface area contributed by atoms with E-state index in [1.54, 1.807) is 6.92 Å². The van der Waals surface area contributed by atoms with Crippen LogP contribution >= 0.6 is 0 Å². The summed E-state index contributed by atoms with van der Waals surface area (Å²) in [5.74, 6) is 0.846. The Morgan fingerprint density at radius 1 is 1.00 bits per heavy atom. The maximum atomic E-state index is 12.5. The number of ether oxygens (including phenoxy) is 1. The molecular formula is C22H27N3O3. The van der Waals surface area contributed by atoms with Gasteiger partial charge in [-0.1, -0.05) is 12.1 Å². The van der Waals surface area contributed by atoms with E-state index in [0.717, 1.165) is 30.2 Å². The van der Waals surface area contributed by atoms with Crippen molar-refractivity contribution in [2.75, 3.05) is 36.4 Å². The Morgan fingerprint density at radius 3 is 2.29 bits per heavy atom. The van der Waals surface area contributed by atoms with Gasteiger partial charge in [-0.3, -0.25) is 4.79 Å². The number of carbonyl (C=O) groups excluding carboxylic acids is 2. The van der Waals surface area contributed by atoms with Crippen LogP contribution in [0.25, 0.3) is 0 Å². The topological polar surface area (TPSA) is 61.9 Å². The summed E-state index contributed by atoms with van der Waals surface area (Å²) >= 11 is 0. The smallest absolute Gasteiger partial charge is 0.321 e. The van der Waals surface area contributed by atoms with Gasteiger partial charge in [-0.05, 0) is 57.2 Å². The highest BCUT2D eigenvalue weighted by molar-refractivity contribution is 5.95. The molecule has 28 heavy (non-hydrogen) atoms. The van der Waals surface area contributed by atoms with Crippen LogP contribution in [0.3, 0.4) is 0 Å². The molecule has 1 N–H and O–H groups in total. The summed E-state index contributed by atoms with van der Waals surface area (Å²) in [6.07, 6.45) is 0.118. The summed E-state index contributed by atoms with van der Waals surface area (Å²) in [6, 6.07) is 14.9. The maximum Gasteiger partial charge on any atom is 0.321 e. The minimum atomic E-state index is -0.102. The fourth-order valence-corrected chi connectivity index (χ4v) is 3.18. The number of amides is 2. The van der Waals surface area contributed by atoms with Gasteiger partial charge in [0.15, 0.2) is 5.78 Å². The lowest BCUT2D eigenvalue weighted by Crippen LogP contribution is -2.50. The van der Waals surface area contributed by atoms with Gasteiger partial charge < -0.3 is 19.9 Å². The van der Waals surface area contributed by atoms with E-state index >= 15 is 0 Å². The van der Waals surface area contributed by atoms with Crippen molar-refractivity contribution in [2.45, 2.75) is 26.9 Å². The van der Waals surface area contributed by atoms with Crippen LogP contribution in [-0.2, 0) is 0 Å². The third-order valence-corrected chi connectivity index (χ3v) is 4.66. The van der Waals surface area contributed by atoms with Gasteiger partial charge in [0.25, 0.3) is 0 Å². The number of urea groups is 1. The lowest BCUT2D eigenvalue weighted by Gasteiger charge is -2.36. The second-order valence-corrected chi connectivity index (χ2v) is 7.20. The zero-order valence-corrected chi connectivity index (χ0v) is 16.6. The highest BCUT2D eigenvalue weighted by atomic mass is 16.5. The number of rotatable bonds is 5. The molecular weight excluding hydrogens is 354 g/mol. The molecule has 3 rings (SSSR count). The SMILES string of the molecule is CC(=O)c1cccc(N2CCN(C(=O)Nc3ccc(OC(C)C)cc3)CC2)c1. The molecule has 0 bridgehead atoms. The Morgan fingerprint density at radius 2 is 1.68 bits per heavy atom. The van der Waals surface area contributed by atoms with Crippen LogP contribution < -0.4 is 15.0 Å². The van der Waals surface area contributed by atoms with Gasteiger partial charge in [0.05, 0.1) is 6.10 Å². The second-order valence-electron chi connectivity index (χ2n) is 7.20. The first kappa shape index (κ1) is 19.7. The van der Waals surface area contributed by atoms with Gasteiger partial charge in [0.2, 0.25) is 0 Å². The lowest BCUT2D eigenvalue weighted by molar-refractivity contribution is 0.101. The molecule has 6 heteroatoms. The number of anilines is 2. The molecule has 1 heterocycles. The van der Waals surface area contributed by atoms with Crippen LogP contribution in [0.2, 0.25) is 0 Å². The van der Waals surface area contributed by atoms with Crippen LogP contribution in [-0.4, -0.2) is 49.0 Å². The Bertz CT molecular complexity index is 825. The summed E-state index contributed by atoms with van der Waals surface area (Å²) in [5.41, 5.74) is 2.48. The molecule has 6 nitrogen and oxygen atoms in total. The van der Waals surface area contributed by atoms with Gasteiger partial charge in [0, 0.05) is 43.1 Å². The Kier molecular flexibility index (Phi) is 6.19. The van der Waals surface area contributed by atoms with Crippen LogP contribution in [0.4, 0.5) is 16.2 Å². The number of nitrogens with one attached hydrogen (secondary N) is 1. The van der Waals surface area contributed by atoms with Crippen molar-refractivity contribution in [3.63, 3.8) is 0 Å². The number of benzene rings is 2. The molecule has 2 aromatic carbocycles. The van der Waals surface area contributed by atoms with Crippen LogP contribution in [0.1, 0.15) is 31.1 Å². The normalized spacial score (nSPS) is 14.1. The minimum Gasteiger partial charge on any atom is -0.491 e. The van der Waals surface area contributed by atoms with E-state index in [1.165, 1.54) is 0 Å². The molecule has 0 unspecified atom stereocenters. The molecule has 1 aliphatic rings. The molecule has 0 saturated carbocycles. The van der Waals surface area contributed by atoms with Crippen LogP contribution in [0.15, 0.2) is 48.5 Å². The van der Waals surface area contributed by atoms with Crippen molar-refractivity contribution in [3.05, 3.63) is 54.1 Å². The fraction of sp³-hybridized carbons (Fsp3) is 0.364. The first-order valence-electron chi connectivity index (χ1n) is 9.61. The summed E-state index contributed by atoms with van der Waals surface area (Å²) < 4.78 is 5.62. The van der Waals surface area contributed by atoms with Crippen molar-refractivity contribution in [2.24, 2.45) is 0 Å². The molecule has 0 aliphatic carbocycles. The third-order valence-electron chi connectivity index (χ3n) is 4.66. The molecule has 1 aliphatic heterocycles. The molecule has 148 valence electrons. The van der Waals surface area contributed by atoms with E-state index in [2.05, 4.69) is 10.2 Å². The minimum absolute atomic E-state index is 0.0599. The quantitative estimate of drug-likeness (QED) is 0.795. The highest BCUT2D eigenvalue weighted by Gasteiger charge is 2.21. The van der Waals surface area contributed by atoms with Gasteiger partial charge in [-0.2, -0.15) is 0 Å². The highest BCUT2D eigenvalue weighted by Crippen LogP contribution is 2.20. The fourth-order valence-electron chi connectivity index (χ4n) is 3.18. The molecule has 0 spiro atoms. The van der Waals surface area contributed by atoms with Gasteiger partial charge in [-0.25, -0.2) is 4.79 Å². The van der Waals surface area contributed by atoms with E-state index in [4.69, 9.17) is 4.74 Å². The van der Waals surface area contributed by atoms with Crippen molar-refractivity contribution in [1.82, 2.24) is 4.90 Å². The molecule has 1 fully saturated rings. The number of nitrogens with zero attached hydrogens (tertiary/aromatic N) is 2. The first-order chi connectivity index (χ1) is 13.4. The average Bonchev–Trinajstić information content (AvgIpc) is 2.69. The molecule has 0 radical (unpaired) electrons. The first-order valence-corrected chi connectivity index (χ1v) is 9.61. The van der Waals surface area contributed by atoms with E-state index in [1.807, 2.05) is 67.3 Å². The molecule has 0 aromatic heterocycles. The largest absolute Gasteiger partial charge is 0.491 e.